The Labute approximate surface area is 189 Å². The van der Waals surface area contributed by atoms with E-state index in [0.29, 0.717) is 25.4 Å². The van der Waals surface area contributed by atoms with Crippen molar-refractivity contribution < 1.29 is 22.4 Å². The third-order valence-corrected chi connectivity index (χ3v) is 7.73. The number of benzene rings is 2. The Morgan fingerprint density at radius 1 is 1.03 bits per heavy atom. The van der Waals surface area contributed by atoms with Crippen LogP contribution in [-0.2, 0) is 10.0 Å². The summed E-state index contributed by atoms with van der Waals surface area (Å²) in [7, 11) is -2.39. The van der Waals surface area contributed by atoms with E-state index in [0.717, 1.165) is 11.0 Å². The molecule has 7 nitrogen and oxygen atoms in total. The van der Waals surface area contributed by atoms with Crippen molar-refractivity contribution in [3.63, 3.8) is 0 Å². The number of sulfonamides is 1. The zero-order valence-corrected chi connectivity index (χ0v) is 20.0. The molecule has 0 aliphatic heterocycles. The summed E-state index contributed by atoms with van der Waals surface area (Å²) in [5, 5.41) is 0.968. The minimum Gasteiger partial charge on any atom is -0.495 e. The van der Waals surface area contributed by atoms with Crippen LogP contribution in [0.3, 0.4) is 0 Å². The van der Waals surface area contributed by atoms with Crippen molar-refractivity contribution in [2.45, 2.75) is 38.6 Å². The lowest BCUT2D eigenvalue weighted by Gasteiger charge is -2.27. The van der Waals surface area contributed by atoms with Gasteiger partial charge in [0.05, 0.1) is 13.2 Å². The van der Waals surface area contributed by atoms with Crippen molar-refractivity contribution in [1.29, 1.82) is 0 Å². The Bertz CT molecular complexity index is 1170. The number of methoxy groups -OCH3 is 1. The van der Waals surface area contributed by atoms with Gasteiger partial charge in [0.2, 0.25) is 10.0 Å². The van der Waals surface area contributed by atoms with Crippen molar-refractivity contribution in [3.05, 3.63) is 59.9 Å². The van der Waals surface area contributed by atoms with E-state index < -0.39 is 10.0 Å². The smallest absolute Gasteiger partial charge is 0.254 e. The number of hydrogen-bond acceptors (Lipinski definition) is 5. The molecule has 1 amide bonds. The fraction of sp³-hybridized carbons (Fsp3) is 0.375. The Balaban J connectivity index is 1.99. The number of para-hydroxylation sites is 1. The molecular weight excluding hydrogens is 428 g/mol. The standard InChI is InChI=1S/C24H30N2O5S/c1-6-25(7-2)32(28,29)23-16-19(13-14-21(23)30-5)24(27)26(8-3)17(4)22-15-18-11-9-10-12-20(18)31-22/h9-17H,6-8H2,1-5H3. The maximum absolute atomic E-state index is 13.4. The SMILES string of the molecule is CCN(C(=O)c1ccc(OC)c(S(=O)(=O)N(CC)CC)c1)C(C)c1cc2ccccc2o1. The van der Waals surface area contributed by atoms with Crippen LogP contribution in [0.15, 0.2) is 57.8 Å². The minimum atomic E-state index is -3.80. The topological polar surface area (TPSA) is 80.1 Å². The summed E-state index contributed by atoms with van der Waals surface area (Å²) in [6.45, 7) is 8.41. The number of ether oxygens (including phenoxy) is 1. The molecule has 0 aliphatic carbocycles. The number of furan rings is 1. The highest BCUT2D eigenvalue weighted by molar-refractivity contribution is 7.89. The van der Waals surface area contributed by atoms with Crippen LogP contribution in [0.1, 0.15) is 49.9 Å². The van der Waals surface area contributed by atoms with Gasteiger partial charge >= 0.3 is 0 Å². The van der Waals surface area contributed by atoms with Gasteiger partial charge in [-0.1, -0.05) is 32.0 Å². The molecule has 0 saturated heterocycles. The number of hydrogen-bond donors (Lipinski definition) is 0. The molecule has 0 bridgehead atoms. The highest BCUT2D eigenvalue weighted by atomic mass is 32.2. The van der Waals surface area contributed by atoms with Crippen LogP contribution >= 0.6 is 0 Å². The first-order chi connectivity index (χ1) is 15.3. The van der Waals surface area contributed by atoms with Crippen LogP contribution in [0.4, 0.5) is 0 Å². The average Bonchev–Trinajstić information content (AvgIpc) is 3.24. The van der Waals surface area contributed by atoms with E-state index in [2.05, 4.69) is 0 Å². The minimum absolute atomic E-state index is 0.0120. The van der Waals surface area contributed by atoms with Crippen LogP contribution < -0.4 is 4.74 Å². The maximum atomic E-state index is 13.4. The van der Waals surface area contributed by atoms with Gasteiger partial charge in [-0.3, -0.25) is 4.79 Å². The highest BCUT2D eigenvalue weighted by Gasteiger charge is 2.29. The molecule has 1 aromatic heterocycles. The second kappa shape index (κ2) is 9.75. The molecule has 3 rings (SSSR count). The fourth-order valence-electron chi connectivity index (χ4n) is 3.83. The van der Waals surface area contributed by atoms with E-state index >= 15 is 0 Å². The second-order valence-electron chi connectivity index (χ2n) is 7.41. The summed E-state index contributed by atoms with van der Waals surface area (Å²) in [5.41, 5.74) is 1.04. The molecule has 3 aromatic rings. The predicted octanol–water partition coefficient (Wildman–Crippen LogP) is 4.70. The number of nitrogens with zero attached hydrogens (tertiary/aromatic N) is 2. The molecule has 32 heavy (non-hydrogen) atoms. The summed E-state index contributed by atoms with van der Waals surface area (Å²) >= 11 is 0. The van der Waals surface area contributed by atoms with E-state index in [1.807, 2.05) is 44.2 Å². The number of fused-ring (bicyclic) bond motifs is 1. The molecule has 0 fully saturated rings. The maximum Gasteiger partial charge on any atom is 0.254 e. The van der Waals surface area contributed by atoms with Gasteiger partial charge < -0.3 is 14.1 Å². The zero-order valence-electron chi connectivity index (χ0n) is 19.2. The summed E-state index contributed by atoms with van der Waals surface area (Å²) < 4.78 is 38.9. The van der Waals surface area contributed by atoms with Gasteiger partial charge in [-0.25, -0.2) is 8.42 Å². The van der Waals surface area contributed by atoms with Crippen molar-refractivity contribution >= 4 is 26.9 Å². The molecule has 0 aliphatic rings. The van der Waals surface area contributed by atoms with E-state index in [-0.39, 0.29) is 28.2 Å². The lowest BCUT2D eigenvalue weighted by molar-refractivity contribution is 0.0684. The largest absolute Gasteiger partial charge is 0.495 e. The first kappa shape index (κ1) is 23.8. The van der Waals surface area contributed by atoms with Crippen LogP contribution in [0.25, 0.3) is 11.0 Å². The molecule has 1 heterocycles. The summed E-state index contributed by atoms with van der Waals surface area (Å²) in [4.78, 5) is 15.1. The number of rotatable bonds is 9. The van der Waals surface area contributed by atoms with Gasteiger partial charge in [-0.2, -0.15) is 4.31 Å². The van der Waals surface area contributed by atoms with Crippen molar-refractivity contribution in [1.82, 2.24) is 9.21 Å². The van der Waals surface area contributed by atoms with Crippen LogP contribution in [-0.4, -0.2) is 50.3 Å². The molecule has 0 N–H and O–H groups in total. The van der Waals surface area contributed by atoms with Crippen LogP contribution in [0, 0.1) is 0 Å². The molecule has 1 atom stereocenters. The highest BCUT2D eigenvalue weighted by Crippen LogP contribution is 2.31. The molecule has 172 valence electrons. The number of carbonyl (C=O) groups excluding carboxylic acids is 1. The number of amides is 1. The van der Waals surface area contributed by atoms with E-state index in [1.54, 1.807) is 24.8 Å². The molecule has 0 saturated carbocycles. The van der Waals surface area contributed by atoms with Crippen molar-refractivity contribution in [2.75, 3.05) is 26.7 Å². The van der Waals surface area contributed by atoms with Crippen molar-refractivity contribution in [2.24, 2.45) is 0 Å². The first-order valence-corrected chi connectivity index (χ1v) is 12.2. The van der Waals surface area contributed by atoms with Gasteiger partial charge in [0, 0.05) is 30.6 Å². The van der Waals surface area contributed by atoms with Gasteiger partial charge in [-0.15, -0.1) is 0 Å². The van der Waals surface area contributed by atoms with Crippen molar-refractivity contribution in [3.8, 4) is 5.75 Å². The quantitative estimate of drug-likeness (QED) is 0.465. The van der Waals surface area contributed by atoms with Gasteiger partial charge in [-0.05, 0) is 44.2 Å². The average molecular weight is 459 g/mol. The Hall–Kier alpha value is -2.84. The first-order valence-electron chi connectivity index (χ1n) is 10.8. The summed E-state index contributed by atoms with van der Waals surface area (Å²) in [5.74, 6) is 0.604. The molecular formula is C24H30N2O5S. The predicted molar refractivity (Wildman–Crippen MR) is 124 cm³/mol. The molecule has 1 unspecified atom stereocenters. The molecule has 2 aromatic carbocycles. The Morgan fingerprint density at radius 3 is 2.31 bits per heavy atom. The second-order valence-corrected chi connectivity index (χ2v) is 9.32. The monoisotopic (exact) mass is 458 g/mol. The third kappa shape index (κ3) is 4.38. The van der Waals surface area contributed by atoms with Gasteiger partial charge in [0.1, 0.15) is 22.0 Å². The van der Waals surface area contributed by atoms with E-state index in [9.17, 15) is 13.2 Å². The van der Waals surface area contributed by atoms with Crippen LogP contribution in [0.5, 0.6) is 5.75 Å². The summed E-state index contributed by atoms with van der Waals surface area (Å²) in [6.07, 6.45) is 0. The van der Waals surface area contributed by atoms with Gasteiger partial charge in [0.15, 0.2) is 0 Å². The third-order valence-electron chi connectivity index (χ3n) is 5.66. The molecule has 0 spiro atoms. The van der Waals surface area contributed by atoms with Gasteiger partial charge in [0.25, 0.3) is 5.91 Å². The Kier molecular flexibility index (Phi) is 7.26. The van der Waals surface area contributed by atoms with E-state index in [4.69, 9.17) is 9.15 Å². The lowest BCUT2D eigenvalue weighted by atomic mass is 10.1. The Morgan fingerprint density at radius 2 is 1.72 bits per heavy atom. The van der Waals surface area contributed by atoms with Crippen LogP contribution in [0.2, 0.25) is 0 Å². The van der Waals surface area contributed by atoms with E-state index in [1.165, 1.54) is 23.5 Å². The lowest BCUT2D eigenvalue weighted by Crippen LogP contribution is -2.34. The fourth-order valence-corrected chi connectivity index (χ4v) is 5.47. The summed E-state index contributed by atoms with van der Waals surface area (Å²) in [6, 6.07) is 13.8. The molecule has 0 radical (unpaired) electrons. The molecule has 8 heteroatoms. The number of carbonyl (C=O) groups is 1. The zero-order chi connectivity index (χ0) is 23.5. The normalized spacial score (nSPS) is 12.8.